The van der Waals surface area contributed by atoms with Crippen LogP contribution in [0, 0.1) is 0 Å². The van der Waals surface area contributed by atoms with Gasteiger partial charge in [0.1, 0.15) is 6.61 Å². The van der Waals surface area contributed by atoms with Gasteiger partial charge in [-0.25, -0.2) is 9.97 Å². The Kier molecular flexibility index (Phi) is 4.45. The summed E-state index contributed by atoms with van der Waals surface area (Å²) in [5, 5.41) is 2.66. The first-order valence-electron chi connectivity index (χ1n) is 4.47. The second-order valence-electron chi connectivity index (χ2n) is 3.10. The van der Waals surface area contributed by atoms with Crippen LogP contribution in [-0.4, -0.2) is 28.6 Å². The van der Waals surface area contributed by atoms with Gasteiger partial charge in [-0.1, -0.05) is 11.6 Å². The van der Waals surface area contributed by atoms with Crippen LogP contribution in [0.1, 0.15) is 13.8 Å². The molecule has 0 aliphatic heterocycles. The lowest BCUT2D eigenvalue weighted by atomic mass is 10.5. The average Bonchev–Trinajstić information content (AvgIpc) is 2.18. The lowest BCUT2D eigenvalue weighted by Crippen LogP contribution is -2.21. The van der Waals surface area contributed by atoms with Gasteiger partial charge in [-0.3, -0.25) is 4.79 Å². The predicted octanol–water partition coefficient (Wildman–Crippen LogP) is 1.49. The SMILES string of the molecule is CC(C)OCC(=O)Nc1nccnc1Cl. The molecule has 5 nitrogen and oxygen atoms in total. The molecule has 0 radical (unpaired) electrons. The Morgan fingerprint density at radius 1 is 1.53 bits per heavy atom. The summed E-state index contributed by atoms with van der Waals surface area (Å²) in [4.78, 5) is 18.9. The molecule has 0 aliphatic carbocycles. The normalized spacial score (nSPS) is 10.4. The zero-order chi connectivity index (χ0) is 11.3. The summed E-state index contributed by atoms with van der Waals surface area (Å²) < 4.78 is 5.11. The van der Waals surface area contributed by atoms with Crippen molar-refractivity contribution in [3.63, 3.8) is 0 Å². The van der Waals surface area contributed by atoms with E-state index < -0.39 is 0 Å². The van der Waals surface area contributed by atoms with Crippen LogP contribution in [0.2, 0.25) is 5.15 Å². The molecule has 0 atom stereocenters. The third-order valence-electron chi connectivity index (χ3n) is 1.46. The van der Waals surface area contributed by atoms with Crippen molar-refractivity contribution in [3.8, 4) is 0 Å². The summed E-state index contributed by atoms with van der Waals surface area (Å²) in [6.07, 6.45) is 2.90. The number of amides is 1. The van der Waals surface area contributed by atoms with Gasteiger partial charge >= 0.3 is 0 Å². The lowest BCUT2D eigenvalue weighted by molar-refractivity contribution is -0.121. The summed E-state index contributed by atoms with van der Waals surface area (Å²) in [5.74, 6) is -0.0531. The first kappa shape index (κ1) is 11.9. The Morgan fingerprint density at radius 3 is 2.80 bits per heavy atom. The number of hydrogen-bond acceptors (Lipinski definition) is 4. The van der Waals surface area contributed by atoms with E-state index in [-0.39, 0.29) is 29.6 Å². The van der Waals surface area contributed by atoms with Crippen LogP contribution in [0.4, 0.5) is 5.82 Å². The third-order valence-corrected chi connectivity index (χ3v) is 1.74. The summed E-state index contributed by atoms with van der Waals surface area (Å²) in [5.41, 5.74) is 0. The van der Waals surface area contributed by atoms with Crippen LogP contribution >= 0.6 is 11.6 Å². The van der Waals surface area contributed by atoms with Crippen LogP contribution in [0.25, 0.3) is 0 Å². The van der Waals surface area contributed by atoms with Crippen LogP contribution in [0.5, 0.6) is 0 Å². The Bertz CT molecular complexity index is 344. The van der Waals surface area contributed by atoms with Crippen LogP contribution in [0.3, 0.4) is 0 Å². The summed E-state index contributed by atoms with van der Waals surface area (Å²) >= 11 is 5.70. The van der Waals surface area contributed by atoms with Crippen LogP contribution < -0.4 is 5.32 Å². The van der Waals surface area contributed by atoms with Crippen molar-refractivity contribution < 1.29 is 9.53 Å². The highest BCUT2D eigenvalue weighted by Crippen LogP contribution is 2.13. The number of hydrogen-bond donors (Lipinski definition) is 1. The smallest absolute Gasteiger partial charge is 0.251 e. The Hall–Kier alpha value is -1.20. The number of halogens is 1. The van der Waals surface area contributed by atoms with Gasteiger partial charge < -0.3 is 10.1 Å². The van der Waals surface area contributed by atoms with E-state index in [1.54, 1.807) is 0 Å². The van der Waals surface area contributed by atoms with Crippen molar-refractivity contribution in [1.82, 2.24) is 9.97 Å². The minimum absolute atomic E-state index is 0.00748. The predicted molar refractivity (Wildman–Crippen MR) is 56.8 cm³/mol. The van der Waals surface area contributed by atoms with E-state index >= 15 is 0 Å². The summed E-state index contributed by atoms with van der Waals surface area (Å²) in [6.45, 7) is 3.68. The second-order valence-corrected chi connectivity index (χ2v) is 3.46. The first-order valence-corrected chi connectivity index (χ1v) is 4.85. The summed E-state index contributed by atoms with van der Waals surface area (Å²) in [6, 6.07) is 0. The van der Waals surface area contributed by atoms with E-state index in [2.05, 4.69) is 15.3 Å². The lowest BCUT2D eigenvalue weighted by Gasteiger charge is -2.07. The zero-order valence-corrected chi connectivity index (χ0v) is 9.28. The minimum atomic E-state index is -0.300. The van der Waals surface area contributed by atoms with Gasteiger partial charge in [-0.2, -0.15) is 0 Å². The fourth-order valence-electron chi connectivity index (χ4n) is 0.815. The molecular weight excluding hydrogens is 218 g/mol. The number of anilines is 1. The van der Waals surface area contributed by atoms with Gasteiger partial charge in [-0.15, -0.1) is 0 Å². The Balaban J connectivity index is 2.48. The van der Waals surface area contributed by atoms with Crippen molar-refractivity contribution in [1.29, 1.82) is 0 Å². The molecule has 0 unspecified atom stereocenters. The molecule has 1 heterocycles. The molecule has 1 rings (SSSR count). The number of carbonyl (C=O) groups is 1. The van der Waals surface area contributed by atoms with Gasteiger partial charge in [-0.05, 0) is 13.8 Å². The zero-order valence-electron chi connectivity index (χ0n) is 8.53. The van der Waals surface area contributed by atoms with E-state index in [0.29, 0.717) is 0 Å². The van der Waals surface area contributed by atoms with E-state index in [4.69, 9.17) is 16.3 Å². The molecule has 0 spiro atoms. The average molecular weight is 230 g/mol. The number of nitrogens with one attached hydrogen (secondary N) is 1. The third kappa shape index (κ3) is 4.22. The van der Waals surface area contributed by atoms with Crippen molar-refractivity contribution in [2.45, 2.75) is 20.0 Å². The molecule has 0 aromatic carbocycles. The number of carbonyl (C=O) groups excluding carboxylic acids is 1. The van der Waals surface area contributed by atoms with E-state index in [0.717, 1.165) is 0 Å². The number of aromatic nitrogens is 2. The van der Waals surface area contributed by atoms with E-state index in [1.165, 1.54) is 12.4 Å². The number of nitrogens with zero attached hydrogens (tertiary/aromatic N) is 2. The fourth-order valence-corrected chi connectivity index (χ4v) is 0.968. The van der Waals surface area contributed by atoms with Crippen molar-refractivity contribution >= 4 is 23.3 Å². The van der Waals surface area contributed by atoms with Gasteiger partial charge in [0.2, 0.25) is 0 Å². The quantitative estimate of drug-likeness (QED) is 0.850. The largest absolute Gasteiger partial charge is 0.369 e. The molecule has 0 saturated carbocycles. The molecular formula is C9H12ClN3O2. The van der Waals surface area contributed by atoms with Gasteiger partial charge in [0.05, 0.1) is 6.10 Å². The molecule has 0 saturated heterocycles. The molecule has 0 aliphatic rings. The maximum Gasteiger partial charge on any atom is 0.251 e. The first-order chi connectivity index (χ1) is 7.09. The molecule has 82 valence electrons. The van der Waals surface area contributed by atoms with Gasteiger partial charge in [0.15, 0.2) is 11.0 Å². The molecule has 1 N–H and O–H groups in total. The van der Waals surface area contributed by atoms with Gasteiger partial charge in [0, 0.05) is 12.4 Å². The highest BCUT2D eigenvalue weighted by atomic mass is 35.5. The van der Waals surface area contributed by atoms with Crippen molar-refractivity contribution in [2.24, 2.45) is 0 Å². The van der Waals surface area contributed by atoms with Crippen molar-refractivity contribution in [2.75, 3.05) is 11.9 Å². The molecule has 1 amide bonds. The summed E-state index contributed by atoms with van der Waals surface area (Å²) in [7, 11) is 0. The van der Waals surface area contributed by atoms with E-state index in [1.807, 2.05) is 13.8 Å². The second kappa shape index (κ2) is 5.63. The maximum absolute atomic E-state index is 11.3. The van der Waals surface area contributed by atoms with Gasteiger partial charge in [0.25, 0.3) is 5.91 Å². The number of ether oxygens (including phenoxy) is 1. The standard InChI is InChI=1S/C9H12ClN3O2/c1-6(2)15-5-7(14)13-9-8(10)11-3-4-12-9/h3-4,6H,5H2,1-2H3,(H,12,13,14). The monoisotopic (exact) mass is 229 g/mol. The molecule has 15 heavy (non-hydrogen) atoms. The molecule has 0 bridgehead atoms. The maximum atomic E-state index is 11.3. The molecule has 1 aromatic rings. The molecule has 0 fully saturated rings. The number of rotatable bonds is 4. The topological polar surface area (TPSA) is 64.1 Å². The Labute approximate surface area is 92.8 Å². The van der Waals surface area contributed by atoms with E-state index in [9.17, 15) is 4.79 Å². The molecule has 6 heteroatoms. The molecule has 1 aromatic heterocycles. The Morgan fingerprint density at radius 2 is 2.20 bits per heavy atom. The minimum Gasteiger partial charge on any atom is -0.369 e. The fraction of sp³-hybridized carbons (Fsp3) is 0.444. The highest BCUT2D eigenvalue weighted by Gasteiger charge is 2.07. The van der Waals surface area contributed by atoms with Crippen LogP contribution in [0.15, 0.2) is 12.4 Å². The van der Waals surface area contributed by atoms with Crippen LogP contribution in [-0.2, 0) is 9.53 Å². The van der Waals surface area contributed by atoms with Crippen molar-refractivity contribution in [3.05, 3.63) is 17.5 Å². The highest BCUT2D eigenvalue weighted by molar-refractivity contribution is 6.32.